The van der Waals surface area contributed by atoms with Gasteiger partial charge in [0.2, 0.25) is 0 Å². The molecule has 146 valence electrons. The number of aryl methyl sites for hydroxylation is 2. The van der Waals surface area contributed by atoms with Crippen LogP contribution in [0.15, 0.2) is 54.6 Å². The van der Waals surface area contributed by atoms with E-state index in [1.54, 1.807) is 0 Å². The van der Waals surface area contributed by atoms with Gasteiger partial charge in [-0.3, -0.25) is 9.59 Å². The average Bonchev–Trinajstić information content (AvgIpc) is 2.94. The molecule has 3 aromatic carbocycles. The Labute approximate surface area is 170 Å². The summed E-state index contributed by atoms with van der Waals surface area (Å²) in [5.74, 6) is 0.422. The molecule has 0 saturated heterocycles. The molecule has 4 rings (SSSR count). The molecule has 5 heteroatoms. The van der Waals surface area contributed by atoms with Crippen molar-refractivity contribution >= 4 is 40.5 Å². The normalized spacial score (nSPS) is 11.0. The summed E-state index contributed by atoms with van der Waals surface area (Å²) in [6, 6.07) is 18.5. The van der Waals surface area contributed by atoms with E-state index in [0.29, 0.717) is 11.5 Å². The molecular formula is C24H21O4P. The van der Waals surface area contributed by atoms with Crippen molar-refractivity contribution in [2.75, 3.05) is 0 Å². The highest BCUT2D eigenvalue weighted by molar-refractivity contribution is 7.67. The third kappa shape index (κ3) is 3.52. The van der Waals surface area contributed by atoms with Gasteiger partial charge in [0, 0.05) is 24.1 Å². The van der Waals surface area contributed by atoms with Crippen molar-refractivity contribution in [1.82, 2.24) is 0 Å². The Morgan fingerprint density at radius 2 is 1.17 bits per heavy atom. The highest BCUT2D eigenvalue weighted by Gasteiger charge is 2.18. The SMILES string of the molecule is CC(=O)Oc1cc2c3cc(OC(C)=O)c(C)cc3p(-c3ccccc3)c2cc1C. The summed E-state index contributed by atoms with van der Waals surface area (Å²) < 4.78 is 10.9. The summed E-state index contributed by atoms with van der Waals surface area (Å²) in [7, 11) is -0.751. The van der Waals surface area contributed by atoms with Crippen LogP contribution in [0.5, 0.6) is 11.5 Å². The van der Waals surface area contributed by atoms with Gasteiger partial charge in [-0.2, -0.15) is 0 Å². The Morgan fingerprint density at radius 1 is 0.724 bits per heavy atom. The van der Waals surface area contributed by atoms with Gasteiger partial charge in [0.05, 0.1) is 0 Å². The van der Waals surface area contributed by atoms with Gasteiger partial charge >= 0.3 is 11.9 Å². The van der Waals surface area contributed by atoms with Crippen LogP contribution in [0.2, 0.25) is 0 Å². The van der Waals surface area contributed by atoms with Crippen LogP contribution in [-0.4, -0.2) is 11.9 Å². The van der Waals surface area contributed by atoms with E-state index in [0.717, 1.165) is 21.9 Å². The summed E-state index contributed by atoms with van der Waals surface area (Å²) in [6.07, 6.45) is 0. The predicted molar refractivity (Wildman–Crippen MR) is 118 cm³/mol. The average molecular weight is 404 g/mol. The molecule has 0 unspecified atom stereocenters. The van der Waals surface area contributed by atoms with Crippen molar-refractivity contribution in [3.8, 4) is 16.8 Å². The molecule has 0 radical (unpaired) electrons. The van der Waals surface area contributed by atoms with Crippen molar-refractivity contribution < 1.29 is 19.1 Å². The Balaban J connectivity index is 2.11. The van der Waals surface area contributed by atoms with Crippen molar-refractivity contribution in [1.29, 1.82) is 0 Å². The van der Waals surface area contributed by atoms with Gasteiger partial charge in [-0.05, 0) is 65.3 Å². The fourth-order valence-electron chi connectivity index (χ4n) is 3.66. The molecule has 1 aromatic heterocycles. The quantitative estimate of drug-likeness (QED) is 0.291. The number of esters is 2. The third-order valence-corrected chi connectivity index (χ3v) is 7.40. The van der Waals surface area contributed by atoms with Crippen LogP contribution in [0.1, 0.15) is 25.0 Å². The first-order valence-electron chi connectivity index (χ1n) is 9.37. The zero-order valence-corrected chi connectivity index (χ0v) is 17.7. The largest absolute Gasteiger partial charge is 0.426 e. The lowest BCUT2D eigenvalue weighted by Gasteiger charge is -2.08. The summed E-state index contributed by atoms with van der Waals surface area (Å²) >= 11 is 0. The second-order valence-corrected chi connectivity index (χ2v) is 9.28. The zero-order chi connectivity index (χ0) is 20.7. The number of carbonyl (C=O) groups is 2. The number of hydrogen-bond acceptors (Lipinski definition) is 4. The van der Waals surface area contributed by atoms with Crippen LogP contribution in [0.4, 0.5) is 0 Å². The number of fused-ring (bicyclic) bond motifs is 3. The molecule has 0 spiro atoms. The molecule has 4 nitrogen and oxygen atoms in total. The standard InChI is InChI=1S/C24H21O4P/c1-14-10-23-19(12-21(14)27-16(3)25)20-13-22(28-17(4)26)15(2)11-24(20)29(23)18-8-6-5-7-9-18/h5-13H,1-4H3. The minimum atomic E-state index is -0.751. The minimum absolute atomic E-state index is 0.346. The molecule has 4 aromatic rings. The first-order valence-corrected chi connectivity index (χ1v) is 10.7. The van der Waals surface area contributed by atoms with E-state index >= 15 is 0 Å². The fourth-order valence-corrected chi connectivity index (χ4v) is 6.45. The van der Waals surface area contributed by atoms with Gasteiger partial charge in [0.1, 0.15) is 11.5 Å². The van der Waals surface area contributed by atoms with E-state index in [1.165, 1.54) is 29.4 Å². The van der Waals surface area contributed by atoms with E-state index in [1.807, 2.05) is 32.0 Å². The number of ether oxygens (including phenoxy) is 2. The van der Waals surface area contributed by atoms with Gasteiger partial charge in [0.25, 0.3) is 0 Å². The first kappa shape index (κ1) is 19.2. The third-order valence-electron chi connectivity index (χ3n) is 4.88. The number of benzene rings is 3. The van der Waals surface area contributed by atoms with Crippen molar-refractivity contribution in [3.63, 3.8) is 0 Å². The minimum Gasteiger partial charge on any atom is -0.426 e. The van der Waals surface area contributed by atoms with Gasteiger partial charge in [-0.15, -0.1) is 0 Å². The maximum atomic E-state index is 11.5. The highest BCUT2D eigenvalue weighted by Crippen LogP contribution is 2.56. The van der Waals surface area contributed by atoms with Crippen LogP contribution in [0.3, 0.4) is 0 Å². The molecule has 0 N–H and O–H groups in total. The van der Waals surface area contributed by atoms with Crippen LogP contribution in [-0.2, 0) is 9.59 Å². The smallest absolute Gasteiger partial charge is 0.308 e. The monoisotopic (exact) mass is 404 g/mol. The van der Waals surface area contributed by atoms with Crippen LogP contribution in [0, 0.1) is 13.8 Å². The molecule has 0 amide bonds. The van der Waals surface area contributed by atoms with E-state index in [9.17, 15) is 9.59 Å². The number of carbonyl (C=O) groups excluding carboxylic acids is 2. The van der Waals surface area contributed by atoms with Gasteiger partial charge in [-0.1, -0.05) is 37.9 Å². The highest BCUT2D eigenvalue weighted by atomic mass is 31.1. The Hall–Kier alpha value is -3.10. The molecule has 1 heterocycles. The summed E-state index contributed by atoms with van der Waals surface area (Å²) in [6.45, 7) is 6.71. The van der Waals surface area contributed by atoms with E-state index in [4.69, 9.17) is 9.47 Å². The molecule has 0 bridgehead atoms. The second-order valence-electron chi connectivity index (χ2n) is 7.13. The molecule has 0 aliphatic heterocycles. The van der Waals surface area contributed by atoms with Crippen LogP contribution < -0.4 is 9.47 Å². The summed E-state index contributed by atoms with van der Waals surface area (Å²) in [5.41, 5.74) is 1.85. The van der Waals surface area contributed by atoms with Crippen molar-refractivity contribution in [3.05, 3.63) is 65.7 Å². The molecule has 0 aliphatic rings. The maximum Gasteiger partial charge on any atom is 0.308 e. The van der Waals surface area contributed by atoms with Crippen LogP contribution >= 0.6 is 7.53 Å². The van der Waals surface area contributed by atoms with Crippen molar-refractivity contribution in [2.24, 2.45) is 0 Å². The Kier molecular flexibility index (Phi) is 4.89. The first-order chi connectivity index (χ1) is 13.8. The second kappa shape index (κ2) is 7.38. The Morgan fingerprint density at radius 3 is 1.59 bits per heavy atom. The van der Waals surface area contributed by atoms with E-state index in [-0.39, 0.29) is 11.9 Å². The van der Waals surface area contributed by atoms with Gasteiger partial charge < -0.3 is 9.47 Å². The van der Waals surface area contributed by atoms with E-state index in [2.05, 4.69) is 36.4 Å². The lowest BCUT2D eigenvalue weighted by atomic mass is 10.1. The lowest BCUT2D eigenvalue weighted by molar-refractivity contribution is -0.132. The fraction of sp³-hybridized carbons (Fsp3) is 0.167. The number of rotatable bonds is 3. The zero-order valence-electron chi connectivity index (χ0n) is 16.8. The number of hydrogen-bond donors (Lipinski definition) is 0. The molecule has 0 atom stereocenters. The van der Waals surface area contributed by atoms with Crippen LogP contribution in [0.25, 0.3) is 26.3 Å². The molecular weight excluding hydrogens is 383 g/mol. The topological polar surface area (TPSA) is 52.6 Å². The summed E-state index contributed by atoms with van der Waals surface area (Å²) in [4.78, 5) is 23.1. The Bertz CT molecular complexity index is 1190. The van der Waals surface area contributed by atoms with E-state index < -0.39 is 7.53 Å². The lowest BCUT2D eigenvalue weighted by Crippen LogP contribution is -2.02. The van der Waals surface area contributed by atoms with Gasteiger partial charge in [0.15, 0.2) is 0 Å². The van der Waals surface area contributed by atoms with Gasteiger partial charge in [-0.25, -0.2) is 0 Å². The summed E-state index contributed by atoms with van der Waals surface area (Å²) in [5, 5.41) is 5.72. The molecule has 0 aliphatic carbocycles. The maximum absolute atomic E-state index is 11.5. The molecule has 29 heavy (non-hydrogen) atoms. The van der Waals surface area contributed by atoms with Crippen molar-refractivity contribution in [2.45, 2.75) is 27.7 Å². The molecule has 0 saturated carbocycles. The predicted octanol–water partition coefficient (Wildman–Crippen LogP) is 6.44. The molecule has 0 fully saturated rings.